The Hall–Kier alpha value is -3.57. The number of piperidine rings is 1. The molecular formula is C24H28F3N5O4. The summed E-state index contributed by atoms with van der Waals surface area (Å²) in [6.07, 6.45) is -3.55. The van der Waals surface area contributed by atoms with Gasteiger partial charge in [0, 0.05) is 18.7 Å². The van der Waals surface area contributed by atoms with Crippen molar-refractivity contribution in [2.75, 3.05) is 20.2 Å². The highest BCUT2D eigenvalue weighted by molar-refractivity contribution is 5.81. The Morgan fingerprint density at radius 3 is 2.53 bits per heavy atom. The average molecular weight is 508 g/mol. The van der Waals surface area contributed by atoms with E-state index >= 15 is 0 Å². The number of alkyl halides is 3. The van der Waals surface area contributed by atoms with Gasteiger partial charge in [0.25, 0.3) is 5.56 Å². The Morgan fingerprint density at radius 2 is 1.89 bits per heavy atom. The maximum atomic E-state index is 13.3. The maximum Gasteiger partial charge on any atom is 0.416 e. The van der Waals surface area contributed by atoms with E-state index in [1.165, 1.54) is 20.1 Å². The summed E-state index contributed by atoms with van der Waals surface area (Å²) in [6.45, 7) is 7.76. The summed E-state index contributed by atoms with van der Waals surface area (Å²) >= 11 is 0. The van der Waals surface area contributed by atoms with Crippen LogP contribution in [0.1, 0.15) is 50.8 Å². The van der Waals surface area contributed by atoms with Crippen molar-refractivity contribution >= 4 is 17.1 Å². The number of H-pyrrole nitrogens is 1. The van der Waals surface area contributed by atoms with Gasteiger partial charge in [0.1, 0.15) is 11.4 Å². The molecule has 3 aromatic rings. The molecule has 2 aromatic heterocycles. The minimum absolute atomic E-state index is 0.0212. The lowest BCUT2D eigenvalue weighted by Crippen LogP contribution is -2.43. The van der Waals surface area contributed by atoms with Gasteiger partial charge in [-0.05, 0) is 64.3 Å². The van der Waals surface area contributed by atoms with E-state index < -0.39 is 29.0 Å². The number of benzene rings is 1. The molecule has 1 atom stereocenters. The quantitative estimate of drug-likeness (QED) is 0.552. The third kappa shape index (κ3) is 5.02. The van der Waals surface area contributed by atoms with Crippen LogP contribution in [0.3, 0.4) is 0 Å². The molecule has 9 nitrogen and oxygen atoms in total. The summed E-state index contributed by atoms with van der Waals surface area (Å²) in [5.74, 6) is -0.0212. The fraction of sp³-hybridized carbons (Fsp3) is 0.500. The summed E-state index contributed by atoms with van der Waals surface area (Å²) in [6, 6.07) is 3.15. The molecule has 0 bridgehead atoms. The Kier molecular flexibility index (Phi) is 6.48. The van der Waals surface area contributed by atoms with Crippen molar-refractivity contribution in [2.45, 2.75) is 58.4 Å². The number of rotatable bonds is 3. The molecule has 4 rings (SSSR count). The summed E-state index contributed by atoms with van der Waals surface area (Å²) in [5, 5.41) is 11.5. The minimum Gasteiger partial charge on any atom is -0.496 e. The van der Waals surface area contributed by atoms with Gasteiger partial charge in [0.05, 0.1) is 29.8 Å². The molecule has 194 valence electrons. The van der Waals surface area contributed by atoms with Gasteiger partial charge in [-0.3, -0.25) is 14.6 Å². The summed E-state index contributed by atoms with van der Waals surface area (Å²) < 4.78 is 52.1. The molecule has 1 aromatic carbocycles. The lowest BCUT2D eigenvalue weighted by molar-refractivity contribution is -0.137. The van der Waals surface area contributed by atoms with Gasteiger partial charge >= 0.3 is 12.3 Å². The number of halogens is 3. The molecule has 3 heterocycles. The normalized spacial score (nSPS) is 16.9. The Morgan fingerprint density at radius 1 is 1.17 bits per heavy atom. The summed E-state index contributed by atoms with van der Waals surface area (Å²) in [5.41, 5.74) is -0.772. The van der Waals surface area contributed by atoms with Crippen LogP contribution in [0.2, 0.25) is 0 Å². The average Bonchev–Trinajstić information content (AvgIpc) is 3.12. The zero-order valence-corrected chi connectivity index (χ0v) is 20.7. The number of aryl methyl sites for hydroxylation is 1. The lowest BCUT2D eigenvalue weighted by Gasteiger charge is -2.34. The van der Waals surface area contributed by atoms with Gasteiger partial charge in [-0.2, -0.15) is 13.2 Å². The fourth-order valence-electron chi connectivity index (χ4n) is 4.40. The summed E-state index contributed by atoms with van der Waals surface area (Å²) in [7, 11) is 1.27. The molecule has 1 aliphatic rings. The molecule has 36 heavy (non-hydrogen) atoms. The van der Waals surface area contributed by atoms with Crippen molar-refractivity contribution in [3.8, 4) is 17.0 Å². The predicted molar refractivity (Wildman–Crippen MR) is 126 cm³/mol. The van der Waals surface area contributed by atoms with Crippen molar-refractivity contribution in [2.24, 2.45) is 0 Å². The van der Waals surface area contributed by atoms with Crippen molar-refractivity contribution in [3.63, 3.8) is 0 Å². The Bertz CT molecular complexity index is 1360. The van der Waals surface area contributed by atoms with Gasteiger partial charge in [0.15, 0.2) is 5.65 Å². The molecule has 0 aliphatic carbocycles. The van der Waals surface area contributed by atoms with Crippen molar-refractivity contribution in [1.82, 2.24) is 24.9 Å². The van der Waals surface area contributed by atoms with Crippen LogP contribution in [-0.4, -0.2) is 56.8 Å². The second kappa shape index (κ2) is 9.14. The van der Waals surface area contributed by atoms with E-state index in [0.717, 1.165) is 12.1 Å². The number of fused-ring (bicyclic) bond motifs is 1. The second-order valence-electron chi connectivity index (χ2n) is 9.87. The SMILES string of the molecule is COc1cc(C(F)(F)F)cc(C)c1-c1cc2c(=O)[nH]n(C3CCCN(C(=O)OC(C)(C)C)C3)c2nn1. The Labute approximate surface area is 205 Å². The first-order chi connectivity index (χ1) is 16.8. The number of nitrogens with zero attached hydrogens (tertiary/aromatic N) is 4. The third-order valence-electron chi connectivity index (χ3n) is 5.99. The maximum absolute atomic E-state index is 13.3. The standard InChI is InChI=1S/C24H28F3N5O4/c1-13-9-14(24(25,26)27)10-18(35-5)19(13)17-11-16-20(29-28-17)32(30-21(16)33)15-7-6-8-31(12-15)22(34)36-23(2,3)4/h9-11,15H,6-8,12H2,1-5H3,(H,30,33). The number of carbonyl (C=O) groups is 1. The zero-order valence-electron chi connectivity index (χ0n) is 20.7. The number of nitrogens with one attached hydrogen (secondary N) is 1. The van der Waals surface area contributed by atoms with E-state index in [9.17, 15) is 22.8 Å². The van der Waals surface area contributed by atoms with Gasteiger partial charge in [0.2, 0.25) is 0 Å². The third-order valence-corrected chi connectivity index (χ3v) is 5.99. The smallest absolute Gasteiger partial charge is 0.416 e. The van der Waals surface area contributed by atoms with Crippen LogP contribution in [0.5, 0.6) is 5.75 Å². The van der Waals surface area contributed by atoms with Crippen LogP contribution in [-0.2, 0) is 10.9 Å². The number of ether oxygens (including phenoxy) is 2. The van der Waals surface area contributed by atoms with Gasteiger partial charge in [-0.1, -0.05) is 0 Å². The number of hydrogen-bond acceptors (Lipinski definition) is 6. The monoisotopic (exact) mass is 507 g/mol. The number of likely N-dealkylation sites (tertiary alicyclic amines) is 1. The molecule has 1 amide bonds. The molecule has 1 fully saturated rings. The fourth-order valence-corrected chi connectivity index (χ4v) is 4.40. The van der Waals surface area contributed by atoms with Gasteiger partial charge in [-0.25, -0.2) is 4.79 Å². The zero-order chi connectivity index (χ0) is 26.4. The molecule has 1 N–H and O–H groups in total. The highest BCUT2D eigenvalue weighted by atomic mass is 19.4. The van der Waals surface area contributed by atoms with E-state index in [4.69, 9.17) is 9.47 Å². The van der Waals surface area contributed by atoms with Crippen LogP contribution in [0, 0.1) is 6.92 Å². The highest BCUT2D eigenvalue weighted by Gasteiger charge is 2.33. The van der Waals surface area contributed by atoms with Crippen molar-refractivity contribution in [3.05, 3.63) is 39.7 Å². The van der Waals surface area contributed by atoms with Crippen molar-refractivity contribution in [1.29, 1.82) is 0 Å². The molecule has 1 unspecified atom stereocenters. The van der Waals surface area contributed by atoms with E-state index in [1.807, 2.05) is 0 Å². The molecule has 12 heteroatoms. The second-order valence-corrected chi connectivity index (χ2v) is 9.87. The first-order valence-electron chi connectivity index (χ1n) is 11.5. The number of carbonyl (C=O) groups excluding carboxylic acids is 1. The van der Waals surface area contributed by atoms with Crippen LogP contribution in [0.25, 0.3) is 22.3 Å². The number of hydrogen-bond donors (Lipinski definition) is 1. The number of methoxy groups -OCH3 is 1. The van der Waals surface area contributed by atoms with Crippen LogP contribution >= 0.6 is 0 Å². The van der Waals surface area contributed by atoms with Crippen molar-refractivity contribution < 1.29 is 27.4 Å². The van der Waals surface area contributed by atoms with Gasteiger partial charge in [-0.15, -0.1) is 10.2 Å². The van der Waals surface area contributed by atoms with Crippen LogP contribution in [0.4, 0.5) is 18.0 Å². The number of aromatic amines is 1. The largest absolute Gasteiger partial charge is 0.496 e. The highest BCUT2D eigenvalue weighted by Crippen LogP contribution is 2.39. The molecular weight excluding hydrogens is 479 g/mol. The lowest BCUT2D eigenvalue weighted by atomic mass is 10.00. The van der Waals surface area contributed by atoms with E-state index in [2.05, 4.69) is 15.3 Å². The Balaban J connectivity index is 1.70. The molecule has 0 saturated carbocycles. The first-order valence-corrected chi connectivity index (χ1v) is 11.5. The molecule has 1 aliphatic heterocycles. The molecule has 1 saturated heterocycles. The summed E-state index contributed by atoms with van der Waals surface area (Å²) in [4.78, 5) is 27.0. The van der Waals surface area contributed by atoms with Gasteiger partial charge < -0.3 is 14.4 Å². The van der Waals surface area contributed by atoms with E-state index in [-0.39, 0.29) is 28.4 Å². The van der Waals surface area contributed by atoms with Crippen LogP contribution < -0.4 is 10.3 Å². The van der Waals surface area contributed by atoms with E-state index in [1.54, 1.807) is 30.4 Å². The predicted octanol–water partition coefficient (Wildman–Crippen LogP) is 4.69. The molecule has 0 radical (unpaired) electrons. The number of amides is 1. The topological polar surface area (TPSA) is 102 Å². The van der Waals surface area contributed by atoms with Crippen LogP contribution in [0.15, 0.2) is 23.0 Å². The number of aromatic nitrogens is 4. The minimum atomic E-state index is -4.53. The first kappa shape index (κ1) is 25.5. The molecule has 0 spiro atoms. The van der Waals surface area contributed by atoms with E-state index in [0.29, 0.717) is 37.1 Å².